The van der Waals surface area contributed by atoms with Gasteiger partial charge < -0.3 is 9.64 Å². The fourth-order valence-electron chi connectivity index (χ4n) is 4.44. The summed E-state index contributed by atoms with van der Waals surface area (Å²) in [7, 11) is 2.20. The lowest BCUT2D eigenvalue weighted by molar-refractivity contribution is 0.314. The highest BCUT2D eigenvalue weighted by Crippen LogP contribution is 2.37. The third kappa shape index (κ3) is 3.26. The molecule has 2 heterocycles. The van der Waals surface area contributed by atoms with Gasteiger partial charge in [-0.05, 0) is 60.0 Å². The Kier molecular flexibility index (Phi) is 4.69. The zero-order valence-electron chi connectivity index (χ0n) is 17.1. The van der Waals surface area contributed by atoms with Gasteiger partial charge in [-0.25, -0.2) is 4.98 Å². The van der Waals surface area contributed by atoms with E-state index in [0.717, 1.165) is 55.1 Å². The molecule has 0 amide bonds. The van der Waals surface area contributed by atoms with Gasteiger partial charge in [-0.2, -0.15) is 0 Å². The van der Waals surface area contributed by atoms with Crippen molar-refractivity contribution in [2.75, 3.05) is 20.2 Å². The molecule has 1 aromatic heterocycles. The fraction of sp³-hybridized carbons (Fsp3) is 0.269. The fourth-order valence-corrected chi connectivity index (χ4v) is 4.44. The monoisotopic (exact) mass is 382 g/mol. The highest BCUT2D eigenvalue weighted by molar-refractivity contribution is 6.09. The van der Waals surface area contributed by atoms with E-state index in [9.17, 15) is 0 Å². The highest BCUT2D eigenvalue weighted by atomic mass is 16.5. The van der Waals surface area contributed by atoms with E-state index < -0.39 is 0 Å². The predicted octanol–water partition coefficient (Wildman–Crippen LogP) is 5.83. The molecule has 0 fully saturated rings. The first-order chi connectivity index (χ1) is 14.2. The van der Waals surface area contributed by atoms with E-state index in [1.165, 1.54) is 27.3 Å². The van der Waals surface area contributed by atoms with Crippen molar-refractivity contribution in [3.8, 4) is 17.0 Å². The predicted molar refractivity (Wildman–Crippen MR) is 121 cm³/mol. The molecule has 0 N–H and O–H groups in total. The van der Waals surface area contributed by atoms with Crippen LogP contribution in [0.1, 0.15) is 24.5 Å². The molecule has 3 aromatic carbocycles. The first-order valence-electron chi connectivity index (χ1n) is 10.5. The van der Waals surface area contributed by atoms with Crippen molar-refractivity contribution in [3.05, 3.63) is 71.8 Å². The summed E-state index contributed by atoms with van der Waals surface area (Å²) in [5.41, 5.74) is 6.13. The van der Waals surface area contributed by atoms with Crippen LogP contribution in [-0.2, 0) is 13.0 Å². The van der Waals surface area contributed by atoms with Gasteiger partial charge in [-0.15, -0.1) is 0 Å². The molecular weight excluding hydrogens is 356 g/mol. The number of fused-ring (bicyclic) bond motifs is 5. The first-order valence-corrected chi connectivity index (χ1v) is 10.5. The average molecular weight is 383 g/mol. The Labute approximate surface area is 171 Å². The normalized spacial score (nSPS) is 14.3. The third-order valence-electron chi connectivity index (χ3n) is 5.84. The number of nitrogens with zero attached hydrogens (tertiary/aromatic N) is 2. The summed E-state index contributed by atoms with van der Waals surface area (Å²) in [5, 5.41) is 3.92. The molecule has 0 unspecified atom stereocenters. The van der Waals surface area contributed by atoms with Crippen LogP contribution < -0.4 is 4.74 Å². The van der Waals surface area contributed by atoms with Crippen LogP contribution in [0, 0.1) is 0 Å². The average Bonchev–Trinajstić information content (AvgIpc) is 2.76. The summed E-state index contributed by atoms with van der Waals surface area (Å²) in [4.78, 5) is 7.57. The maximum atomic E-state index is 5.89. The molecule has 3 heteroatoms. The van der Waals surface area contributed by atoms with Gasteiger partial charge >= 0.3 is 0 Å². The molecule has 3 nitrogen and oxygen atoms in total. The molecule has 1 aliphatic heterocycles. The number of likely N-dealkylation sites (N-methyl/N-ethyl adjacent to an activating group) is 1. The van der Waals surface area contributed by atoms with Gasteiger partial charge in [0.2, 0.25) is 0 Å². The number of hydrogen-bond donors (Lipinski definition) is 0. The summed E-state index contributed by atoms with van der Waals surface area (Å²) in [6, 6.07) is 21.4. The van der Waals surface area contributed by atoms with Gasteiger partial charge in [0.1, 0.15) is 5.75 Å². The first kappa shape index (κ1) is 18.1. The molecule has 0 aliphatic carbocycles. The van der Waals surface area contributed by atoms with Gasteiger partial charge in [0.25, 0.3) is 0 Å². The van der Waals surface area contributed by atoms with E-state index in [2.05, 4.69) is 73.5 Å². The summed E-state index contributed by atoms with van der Waals surface area (Å²) in [5.74, 6) is 0.919. The molecule has 0 atom stereocenters. The molecule has 0 spiro atoms. The highest BCUT2D eigenvalue weighted by Gasteiger charge is 2.23. The van der Waals surface area contributed by atoms with Crippen LogP contribution in [0.4, 0.5) is 0 Å². The van der Waals surface area contributed by atoms with Crippen molar-refractivity contribution in [2.45, 2.75) is 26.3 Å². The molecule has 1 aliphatic rings. The molecular formula is C26H26N2O. The second-order valence-corrected chi connectivity index (χ2v) is 7.96. The van der Waals surface area contributed by atoms with E-state index >= 15 is 0 Å². The minimum absolute atomic E-state index is 0.738. The van der Waals surface area contributed by atoms with Gasteiger partial charge in [0.05, 0.1) is 17.8 Å². The number of rotatable bonds is 4. The largest absolute Gasteiger partial charge is 0.494 e. The summed E-state index contributed by atoms with van der Waals surface area (Å²) in [6.07, 6.45) is 2.06. The SMILES string of the molecule is CCCOc1cccc(-c2nc3ccc4ccccc4c3c3c2CN(C)CC3)c1. The van der Waals surface area contributed by atoms with E-state index in [0.29, 0.717) is 0 Å². The molecule has 0 bridgehead atoms. The lowest BCUT2D eigenvalue weighted by Crippen LogP contribution is -2.27. The molecule has 0 saturated carbocycles. The van der Waals surface area contributed by atoms with Crippen molar-refractivity contribution < 1.29 is 4.74 Å². The Morgan fingerprint density at radius 3 is 2.79 bits per heavy atom. The Hall–Kier alpha value is -2.91. The smallest absolute Gasteiger partial charge is 0.119 e. The van der Waals surface area contributed by atoms with Crippen LogP contribution in [0.25, 0.3) is 32.9 Å². The summed E-state index contributed by atoms with van der Waals surface area (Å²) >= 11 is 0. The van der Waals surface area contributed by atoms with Crippen molar-refractivity contribution in [1.29, 1.82) is 0 Å². The quantitative estimate of drug-likeness (QED) is 0.415. The second-order valence-electron chi connectivity index (χ2n) is 7.96. The maximum absolute atomic E-state index is 5.89. The van der Waals surface area contributed by atoms with Crippen LogP contribution in [0.2, 0.25) is 0 Å². The number of pyridine rings is 1. The lowest BCUT2D eigenvalue weighted by Gasteiger charge is -2.28. The van der Waals surface area contributed by atoms with E-state index in [-0.39, 0.29) is 0 Å². The van der Waals surface area contributed by atoms with Gasteiger partial charge in [0, 0.05) is 24.0 Å². The molecule has 146 valence electrons. The number of aromatic nitrogens is 1. The second kappa shape index (κ2) is 7.49. The Morgan fingerprint density at radius 2 is 1.90 bits per heavy atom. The van der Waals surface area contributed by atoms with Crippen molar-refractivity contribution in [3.63, 3.8) is 0 Å². The Bertz CT molecular complexity index is 1200. The number of benzene rings is 3. The van der Waals surface area contributed by atoms with Gasteiger partial charge in [0.15, 0.2) is 0 Å². The number of hydrogen-bond acceptors (Lipinski definition) is 3. The zero-order valence-corrected chi connectivity index (χ0v) is 17.1. The van der Waals surface area contributed by atoms with Crippen LogP contribution in [-0.4, -0.2) is 30.1 Å². The lowest BCUT2D eigenvalue weighted by atomic mass is 9.89. The standard InChI is InChI=1S/C26H26N2O/c1-3-15-29-20-9-6-8-19(16-20)26-23-17-28(2)14-13-22(23)25-21-10-5-4-7-18(21)11-12-24(25)27-26/h4-12,16H,3,13-15,17H2,1-2H3. The Morgan fingerprint density at radius 1 is 1.00 bits per heavy atom. The zero-order chi connectivity index (χ0) is 19.8. The topological polar surface area (TPSA) is 25.4 Å². The molecule has 4 aromatic rings. The van der Waals surface area contributed by atoms with E-state index in [1.807, 2.05) is 6.07 Å². The van der Waals surface area contributed by atoms with Crippen LogP contribution in [0.15, 0.2) is 60.7 Å². The van der Waals surface area contributed by atoms with Crippen molar-refractivity contribution in [2.24, 2.45) is 0 Å². The molecule has 29 heavy (non-hydrogen) atoms. The minimum Gasteiger partial charge on any atom is -0.494 e. The third-order valence-corrected chi connectivity index (χ3v) is 5.84. The van der Waals surface area contributed by atoms with E-state index in [1.54, 1.807) is 0 Å². The van der Waals surface area contributed by atoms with Crippen molar-refractivity contribution in [1.82, 2.24) is 9.88 Å². The van der Waals surface area contributed by atoms with Crippen molar-refractivity contribution >= 4 is 21.7 Å². The van der Waals surface area contributed by atoms with Gasteiger partial charge in [-0.3, -0.25) is 0 Å². The molecule has 0 saturated heterocycles. The summed E-state index contributed by atoms with van der Waals surface area (Å²) in [6.45, 7) is 4.87. The van der Waals surface area contributed by atoms with Crippen LogP contribution in [0.5, 0.6) is 5.75 Å². The van der Waals surface area contributed by atoms with E-state index in [4.69, 9.17) is 9.72 Å². The minimum atomic E-state index is 0.738. The van der Waals surface area contributed by atoms with Crippen LogP contribution in [0.3, 0.4) is 0 Å². The molecule has 5 rings (SSSR count). The van der Waals surface area contributed by atoms with Gasteiger partial charge in [-0.1, -0.05) is 49.4 Å². The summed E-state index contributed by atoms with van der Waals surface area (Å²) < 4.78 is 5.89. The maximum Gasteiger partial charge on any atom is 0.119 e. The number of ether oxygens (including phenoxy) is 1. The Balaban J connectivity index is 1.76. The van der Waals surface area contributed by atoms with Crippen LogP contribution >= 0.6 is 0 Å². The molecule has 0 radical (unpaired) electrons.